The standard InChI is InChI=1S/C10H14N2O2S/c1-7-5-8(6-14-7)10(13)12-4-2-3-9(11)15/h5-6H,2-4H2,1H3,(H2,11,15)(H,12,13). The van der Waals surface area contributed by atoms with Crippen LogP contribution in [0.3, 0.4) is 0 Å². The van der Waals surface area contributed by atoms with E-state index in [2.05, 4.69) is 5.32 Å². The van der Waals surface area contributed by atoms with Gasteiger partial charge in [-0.2, -0.15) is 0 Å². The molecule has 4 nitrogen and oxygen atoms in total. The Morgan fingerprint density at radius 2 is 2.40 bits per heavy atom. The number of furan rings is 1. The number of carbonyl (C=O) groups excluding carboxylic acids is 1. The van der Waals surface area contributed by atoms with Crippen molar-refractivity contribution in [3.05, 3.63) is 23.7 Å². The Bertz CT molecular complexity index is 360. The van der Waals surface area contributed by atoms with Gasteiger partial charge < -0.3 is 15.5 Å². The molecule has 5 heteroatoms. The molecular formula is C10H14N2O2S. The SMILES string of the molecule is Cc1cc(C(=O)NCCCC(N)=S)co1. The second-order valence-corrected chi connectivity index (χ2v) is 3.80. The molecule has 1 aromatic heterocycles. The molecule has 0 spiro atoms. The van der Waals surface area contributed by atoms with Gasteiger partial charge in [0.05, 0.1) is 10.6 Å². The van der Waals surface area contributed by atoms with Crippen LogP contribution in [0.15, 0.2) is 16.7 Å². The van der Waals surface area contributed by atoms with Crippen molar-refractivity contribution in [1.29, 1.82) is 0 Å². The van der Waals surface area contributed by atoms with E-state index in [1.54, 1.807) is 13.0 Å². The van der Waals surface area contributed by atoms with E-state index >= 15 is 0 Å². The normalized spacial score (nSPS) is 9.93. The third-order valence-electron chi connectivity index (χ3n) is 1.88. The molecule has 15 heavy (non-hydrogen) atoms. The van der Waals surface area contributed by atoms with Gasteiger partial charge >= 0.3 is 0 Å². The van der Waals surface area contributed by atoms with E-state index in [0.29, 0.717) is 23.5 Å². The highest BCUT2D eigenvalue weighted by Gasteiger charge is 2.07. The summed E-state index contributed by atoms with van der Waals surface area (Å²) in [5.41, 5.74) is 5.87. The van der Waals surface area contributed by atoms with Crippen molar-refractivity contribution in [1.82, 2.24) is 5.32 Å². The van der Waals surface area contributed by atoms with Crippen molar-refractivity contribution in [2.75, 3.05) is 6.54 Å². The van der Waals surface area contributed by atoms with E-state index in [1.807, 2.05) is 0 Å². The summed E-state index contributed by atoms with van der Waals surface area (Å²) in [6, 6.07) is 1.70. The lowest BCUT2D eigenvalue weighted by atomic mass is 10.2. The molecule has 0 aromatic carbocycles. The first-order valence-corrected chi connectivity index (χ1v) is 5.12. The van der Waals surface area contributed by atoms with Crippen LogP contribution in [0.5, 0.6) is 0 Å². The predicted octanol–water partition coefficient (Wildman–Crippen LogP) is 1.38. The fourth-order valence-corrected chi connectivity index (χ4v) is 1.27. The largest absolute Gasteiger partial charge is 0.469 e. The maximum atomic E-state index is 11.5. The molecule has 3 N–H and O–H groups in total. The fraction of sp³-hybridized carbons (Fsp3) is 0.400. The Hall–Kier alpha value is -1.36. The molecular weight excluding hydrogens is 212 g/mol. The van der Waals surface area contributed by atoms with Gasteiger partial charge in [0, 0.05) is 6.54 Å². The molecule has 0 saturated heterocycles. The van der Waals surface area contributed by atoms with Crippen LogP contribution in [0.2, 0.25) is 0 Å². The first-order valence-electron chi connectivity index (χ1n) is 4.71. The first-order chi connectivity index (χ1) is 7.09. The van der Waals surface area contributed by atoms with Crippen LogP contribution < -0.4 is 11.1 Å². The summed E-state index contributed by atoms with van der Waals surface area (Å²) in [6.45, 7) is 2.37. The van der Waals surface area contributed by atoms with Crippen LogP contribution in [0.25, 0.3) is 0 Å². The minimum absolute atomic E-state index is 0.130. The summed E-state index contributed by atoms with van der Waals surface area (Å²) in [5, 5.41) is 2.75. The van der Waals surface area contributed by atoms with E-state index in [0.717, 1.165) is 12.2 Å². The molecule has 0 radical (unpaired) electrons. The number of nitrogens with one attached hydrogen (secondary N) is 1. The molecule has 0 unspecified atom stereocenters. The Kier molecular flexibility index (Phi) is 4.30. The average Bonchev–Trinajstić information content (AvgIpc) is 2.59. The Morgan fingerprint density at radius 3 is 2.93 bits per heavy atom. The number of thiocarbonyl (C=S) groups is 1. The molecule has 0 bridgehead atoms. The van der Waals surface area contributed by atoms with Gasteiger partial charge in [-0.1, -0.05) is 12.2 Å². The third kappa shape index (κ3) is 4.12. The molecule has 1 heterocycles. The van der Waals surface area contributed by atoms with Crippen LogP contribution in [-0.2, 0) is 0 Å². The number of hydrogen-bond acceptors (Lipinski definition) is 3. The van der Waals surface area contributed by atoms with Crippen molar-refractivity contribution in [2.45, 2.75) is 19.8 Å². The van der Waals surface area contributed by atoms with Gasteiger partial charge in [0.25, 0.3) is 5.91 Å². The van der Waals surface area contributed by atoms with Gasteiger partial charge in [-0.15, -0.1) is 0 Å². The zero-order valence-electron chi connectivity index (χ0n) is 8.58. The Labute approximate surface area is 93.8 Å². The number of rotatable bonds is 5. The van der Waals surface area contributed by atoms with Crippen molar-refractivity contribution in [3.8, 4) is 0 Å². The van der Waals surface area contributed by atoms with Crippen LogP contribution in [0.1, 0.15) is 29.0 Å². The van der Waals surface area contributed by atoms with Gasteiger partial charge in [0.2, 0.25) is 0 Å². The minimum Gasteiger partial charge on any atom is -0.469 e. The molecule has 1 amide bonds. The minimum atomic E-state index is -0.130. The molecule has 0 aliphatic carbocycles. The highest BCUT2D eigenvalue weighted by molar-refractivity contribution is 7.80. The van der Waals surface area contributed by atoms with E-state index in [4.69, 9.17) is 22.4 Å². The van der Waals surface area contributed by atoms with Crippen molar-refractivity contribution < 1.29 is 9.21 Å². The van der Waals surface area contributed by atoms with Gasteiger partial charge in [0.15, 0.2) is 0 Å². The third-order valence-corrected chi connectivity index (χ3v) is 2.08. The maximum Gasteiger partial charge on any atom is 0.254 e. The quantitative estimate of drug-likeness (QED) is 0.588. The van der Waals surface area contributed by atoms with Crippen LogP contribution >= 0.6 is 12.2 Å². The van der Waals surface area contributed by atoms with Crippen molar-refractivity contribution >= 4 is 23.1 Å². The lowest BCUT2D eigenvalue weighted by molar-refractivity contribution is 0.0953. The topological polar surface area (TPSA) is 68.3 Å². The van der Waals surface area contributed by atoms with E-state index in [9.17, 15) is 4.79 Å². The van der Waals surface area contributed by atoms with Gasteiger partial charge in [-0.05, 0) is 25.8 Å². The lowest BCUT2D eigenvalue weighted by Gasteiger charge is -2.02. The molecule has 0 saturated carbocycles. The predicted molar refractivity (Wildman–Crippen MR) is 61.8 cm³/mol. The summed E-state index contributed by atoms with van der Waals surface area (Å²) < 4.78 is 5.03. The second-order valence-electron chi connectivity index (χ2n) is 3.27. The molecule has 0 atom stereocenters. The van der Waals surface area contributed by atoms with Crippen LogP contribution in [0, 0.1) is 6.92 Å². The lowest BCUT2D eigenvalue weighted by Crippen LogP contribution is -2.24. The molecule has 0 aliphatic rings. The van der Waals surface area contributed by atoms with Crippen molar-refractivity contribution in [3.63, 3.8) is 0 Å². The smallest absolute Gasteiger partial charge is 0.254 e. The Balaban J connectivity index is 2.28. The van der Waals surface area contributed by atoms with Gasteiger partial charge in [-0.25, -0.2) is 0 Å². The number of aryl methyl sites for hydroxylation is 1. The number of hydrogen-bond donors (Lipinski definition) is 2. The summed E-state index contributed by atoms with van der Waals surface area (Å²) in [4.78, 5) is 11.9. The number of carbonyl (C=O) groups is 1. The number of amides is 1. The second kappa shape index (κ2) is 5.50. The summed E-state index contributed by atoms with van der Waals surface area (Å²) >= 11 is 4.72. The first kappa shape index (κ1) is 11.7. The van der Waals surface area contributed by atoms with Crippen molar-refractivity contribution in [2.24, 2.45) is 5.73 Å². The molecule has 1 aromatic rings. The molecule has 0 aliphatic heterocycles. The highest BCUT2D eigenvalue weighted by atomic mass is 32.1. The van der Waals surface area contributed by atoms with E-state index in [-0.39, 0.29) is 5.91 Å². The fourth-order valence-electron chi connectivity index (χ4n) is 1.13. The summed E-state index contributed by atoms with van der Waals surface area (Å²) in [5.74, 6) is 0.595. The highest BCUT2D eigenvalue weighted by Crippen LogP contribution is 2.05. The van der Waals surface area contributed by atoms with E-state index in [1.165, 1.54) is 6.26 Å². The zero-order chi connectivity index (χ0) is 11.3. The van der Waals surface area contributed by atoms with Crippen LogP contribution in [0.4, 0.5) is 0 Å². The molecule has 0 fully saturated rings. The Morgan fingerprint density at radius 1 is 1.67 bits per heavy atom. The molecule has 1 rings (SSSR count). The van der Waals surface area contributed by atoms with Gasteiger partial charge in [0.1, 0.15) is 12.0 Å². The summed E-state index contributed by atoms with van der Waals surface area (Å²) in [7, 11) is 0. The number of nitrogens with two attached hydrogens (primary N) is 1. The monoisotopic (exact) mass is 226 g/mol. The maximum absolute atomic E-state index is 11.5. The molecule has 82 valence electrons. The van der Waals surface area contributed by atoms with Gasteiger partial charge in [-0.3, -0.25) is 4.79 Å². The van der Waals surface area contributed by atoms with Crippen LogP contribution in [-0.4, -0.2) is 17.4 Å². The summed E-state index contributed by atoms with van der Waals surface area (Å²) in [6.07, 6.45) is 2.86. The zero-order valence-corrected chi connectivity index (χ0v) is 9.39. The average molecular weight is 226 g/mol. The van der Waals surface area contributed by atoms with E-state index < -0.39 is 0 Å².